The molecule has 1 aliphatic rings. The topological polar surface area (TPSA) is 12.5 Å². The van der Waals surface area contributed by atoms with Crippen LogP contribution >= 0.6 is 0 Å². The molecule has 98 valence electrons. The third-order valence-corrected chi connectivity index (χ3v) is 3.23. The van der Waals surface area contributed by atoms with E-state index < -0.39 is 0 Å². The van der Waals surface area contributed by atoms with Gasteiger partial charge in [-0.15, -0.1) is 0 Å². The van der Waals surface area contributed by atoms with Crippen LogP contribution in [0.1, 0.15) is 26.7 Å². The molecule has 0 bridgehead atoms. The number of allylic oxidation sites excluding steroid dienone is 2. The fourth-order valence-corrected chi connectivity index (χ4v) is 2.12. The lowest BCUT2D eigenvalue weighted by molar-refractivity contribution is -0.0214. The van der Waals surface area contributed by atoms with E-state index in [9.17, 15) is 0 Å². The predicted octanol–water partition coefficient (Wildman–Crippen LogP) is 3.42. The summed E-state index contributed by atoms with van der Waals surface area (Å²) < 4.78 is 5.72. The number of hydrogen-bond acceptors (Lipinski definition) is 2. The number of piperidine rings is 1. The van der Waals surface area contributed by atoms with E-state index in [4.69, 9.17) is 4.74 Å². The number of nitrogens with zero attached hydrogens (tertiary/aromatic N) is 1. The van der Waals surface area contributed by atoms with Crippen LogP contribution in [-0.4, -0.2) is 37.7 Å². The third-order valence-electron chi connectivity index (χ3n) is 3.23. The summed E-state index contributed by atoms with van der Waals surface area (Å²) in [5.41, 5.74) is 0.996. The van der Waals surface area contributed by atoms with Crippen molar-refractivity contribution < 1.29 is 4.74 Å². The Kier molecular flexibility index (Phi) is 7.85. The third kappa shape index (κ3) is 4.14. The van der Waals surface area contributed by atoms with Crippen molar-refractivity contribution in [1.82, 2.24) is 4.90 Å². The molecule has 0 amide bonds. The van der Waals surface area contributed by atoms with Gasteiger partial charge in [-0.3, -0.25) is 0 Å². The van der Waals surface area contributed by atoms with Gasteiger partial charge in [-0.05, 0) is 25.5 Å². The highest BCUT2D eigenvalue weighted by molar-refractivity contribution is 5.31. The average molecular weight is 237 g/mol. The second-order valence-corrected chi connectivity index (χ2v) is 4.06. The van der Waals surface area contributed by atoms with E-state index in [1.54, 1.807) is 13.2 Å². The minimum atomic E-state index is -0.150. The summed E-state index contributed by atoms with van der Waals surface area (Å²) in [6.45, 7) is 13.7. The van der Waals surface area contributed by atoms with Crippen LogP contribution in [-0.2, 0) is 4.74 Å². The lowest BCUT2D eigenvalue weighted by atomic mass is 9.83. The summed E-state index contributed by atoms with van der Waals surface area (Å²) in [5.74, 6) is 0. The molecule has 0 N–H and O–H groups in total. The van der Waals surface area contributed by atoms with Crippen LogP contribution < -0.4 is 0 Å². The Bertz CT molecular complexity index is 260. The summed E-state index contributed by atoms with van der Waals surface area (Å²) in [5, 5.41) is 0. The molecule has 0 atom stereocenters. The van der Waals surface area contributed by atoms with Crippen LogP contribution in [0.2, 0.25) is 0 Å². The first-order valence-corrected chi connectivity index (χ1v) is 6.38. The highest BCUT2D eigenvalue weighted by atomic mass is 16.5. The molecule has 1 saturated heterocycles. The van der Waals surface area contributed by atoms with Gasteiger partial charge in [0.05, 0.1) is 5.60 Å². The minimum Gasteiger partial charge on any atom is -0.373 e. The molecule has 1 rings (SSSR count). The van der Waals surface area contributed by atoms with Gasteiger partial charge in [0.25, 0.3) is 0 Å². The van der Waals surface area contributed by atoms with Gasteiger partial charge in [0, 0.05) is 20.2 Å². The summed E-state index contributed by atoms with van der Waals surface area (Å²) in [7, 11) is 3.93. The molecule has 0 aromatic rings. The zero-order valence-electron chi connectivity index (χ0n) is 11.8. The molecule has 2 nitrogen and oxygen atoms in total. The molecule has 1 aliphatic heterocycles. The number of methoxy groups -OCH3 is 1. The van der Waals surface area contributed by atoms with Gasteiger partial charge in [0.1, 0.15) is 0 Å². The van der Waals surface area contributed by atoms with Crippen molar-refractivity contribution in [3.63, 3.8) is 0 Å². The molecule has 0 saturated carbocycles. The van der Waals surface area contributed by atoms with Crippen LogP contribution in [0.3, 0.4) is 0 Å². The molecule has 0 spiro atoms. The maximum absolute atomic E-state index is 5.72. The van der Waals surface area contributed by atoms with Crippen molar-refractivity contribution in [3.8, 4) is 0 Å². The van der Waals surface area contributed by atoms with Crippen LogP contribution in [0.5, 0.6) is 0 Å². The largest absolute Gasteiger partial charge is 0.373 e. The van der Waals surface area contributed by atoms with Gasteiger partial charge >= 0.3 is 0 Å². The van der Waals surface area contributed by atoms with Crippen molar-refractivity contribution >= 4 is 0 Å². The van der Waals surface area contributed by atoms with Crippen molar-refractivity contribution in [2.45, 2.75) is 32.3 Å². The Morgan fingerprint density at radius 3 is 2.12 bits per heavy atom. The molecule has 1 fully saturated rings. The minimum absolute atomic E-state index is 0.150. The van der Waals surface area contributed by atoms with Gasteiger partial charge in [-0.25, -0.2) is 0 Å². The zero-order chi connectivity index (χ0) is 13.3. The molecule has 0 aromatic carbocycles. The van der Waals surface area contributed by atoms with Crippen LogP contribution in [0, 0.1) is 0 Å². The van der Waals surface area contributed by atoms with Gasteiger partial charge < -0.3 is 9.64 Å². The second kappa shape index (κ2) is 8.26. The smallest absolute Gasteiger partial charge is 0.0951 e. The van der Waals surface area contributed by atoms with E-state index in [2.05, 4.69) is 25.1 Å². The lowest BCUT2D eigenvalue weighted by Gasteiger charge is -2.40. The van der Waals surface area contributed by atoms with Crippen LogP contribution in [0.4, 0.5) is 0 Å². The van der Waals surface area contributed by atoms with Crippen LogP contribution in [0.15, 0.2) is 37.0 Å². The maximum atomic E-state index is 5.72. The van der Waals surface area contributed by atoms with E-state index in [-0.39, 0.29) is 5.60 Å². The van der Waals surface area contributed by atoms with E-state index in [1.165, 1.54) is 0 Å². The van der Waals surface area contributed by atoms with E-state index in [1.807, 2.05) is 26.0 Å². The van der Waals surface area contributed by atoms with Crippen molar-refractivity contribution in [2.24, 2.45) is 0 Å². The van der Waals surface area contributed by atoms with Crippen molar-refractivity contribution in [1.29, 1.82) is 0 Å². The maximum Gasteiger partial charge on any atom is 0.0951 e. The highest BCUT2D eigenvalue weighted by Gasteiger charge is 2.35. The first-order valence-electron chi connectivity index (χ1n) is 6.38. The monoisotopic (exact) mass is 237 g/mol. The number of likely N-dealkylation sites (tertiary alicyclic amines) is 1. The summed E-state index contributed by atoms with van der Waals surface area (Å²) in [4.78, 5) is 2.33. The number of rotatable bonds is 4. The molecule has 0 radical (unpaired) electrons. The predicted molar refractivity (Wildman–Crippen MR) is 76.3 cm³/mol. The molecule has 0 unspecified atom stereocenters. The summed E-state index contributed by atoms with van der Waals surface area (Å²) in [6.07, 6.45) is 7.73. The molecule has 17 heavy (non-hydrogen) atoms. The fraction of sp³-hybridized carbons (Fsp3) is 0.600. The zero-order valence-corrected chi connectivity index (χ0v) is 11.8. The van der Waals surface area contributed by atoms with Gasteiger partial charge in [-0.1, -0.05) is 45.2 Å². The molecule has 0 aromatic heterocycles. The molecule has 1 heterocycles. The van der Waals surface area contributed by atoms with E-state index >= 15 is 0 Å². The normalized spacial score (nSPS) is 20.1. The Labute approximate surface area is 107 Å². The molecular formula is C15H27NO. The Morgan fingerprint density at radius 2 is 1.76 bits per heavy atom. The van der Waals surface area contributed by atoms with E-state index in [0.29, 0.717) is 0 Å². The average Bonchev–Trinajstić information content (AvgIpc) is 2.40. The fourth-order valence-electron chi connectivity index (χ4n) is 2.12. The standard InChI is InChI=1S/C13H21NO.C2H6/c1-5-7-12(6-2)13(15-4)8-10-14(3)11-9-13;1-2/h5-7H,1-2,8-11H2,3-4H3;1-2H3/b12-7+;. The summed E-state index contributed by atoms with van der Waals surface area (Å²) in [6, 6.07) is 0. The number of hydrogen-bond donors (Lipinski definition) is 0. The second-order valence-electron chi connectivity index (χ2n) is 4.06. The molecular weight excluding hydrogens is 210 g/mol. The first-order chi connectivity index (χ1) is 8.18. The Balaban J connectivity index is 0.00000121. The highest BCUT2D eigenvalue weighted by Crippen LogP contribution is 2.33. The van der Waals surface area contributed by atoms with Gasteiger partial charge in [0.2, 0.25) is 0 Å². The quantitative estimate of drug-likeness (QED) is 0.695. The van der Waals surface area contributed by atoms with Gasteiger partial charge in [-0.2, -0.15) is 0 Å². The Hall–Kier alpha value is -0.860. The number of ether oxygens (including phenoxy) is 1. The van der Waals surface area contributed by atoms with E-state index in [0.717, 1.165) is 31.5 Å². The van der Waals surface area contributed by atoms with Crippen LogP contribution in [0.25, 0.3) is 0 Å². The van der Waals surface area contributed by atoms with Crippen molar-refractivity contribution in [3.05, 3.63) is 37.0 Å². The lowest BCUT2D eigenvalue weighted by Crippen LogP contribution is -2.45. The summed E-state index contributed by atoms with van der Waals surface area (Å²) >= 11 is 0. The SMILES string of the molecule is C=C/C=C(\C=C)C1(OC)CCN(C)CC1.CC. The molecule has 0 aliphatic carbocycles. The van der Waals surface area contributed by atoms with Gasteiger partial charge in [0.15, 0.2) is 0 Å². The molecule has 2 heteroatoms. The van der Waals surface area contributed by atoms with Crippen molar-refractivity contribution in [2.75, 3.05) is 27.2 Å². The first kappa shape index (κ1) is 16.1. The Morgan fingerprint density at radius 1 is 1.24 bits per heavy atom.